The Bertz CT molecular complexity index is 342. The molecule has 0 aliphatic heterocycles. The third-order valence-electron chi connectivity index (χ3n) is 2.78. The fourth-order valence-electron chi connectivity index (χ4n) is 1.51. The largest absolute Gasteiger partial charge is 0.395 e. The molecule has 15 heavy (non-hydrogen) atoms. The van der Waals surface area contributed by atoms with Gasteiger partial charge in [-0.15, -0.1) is 0 Å². The van der Waals surface area contributed by atoms with Crippen LogP contribution in [0.15, 0.2) is 18.2 Å². The van der Waals surface area contributed by atoms with Crippen molar-refractivity contribution in [2.24, 2.45) is 0 Å². The van der Waals surface area contributed by atoms with E-state index in [1.807, 2.05) is 19.9 Å². The van der Waals surface area contributed by atoms with Gasteiger partial charge in [-0.3, -0.25) is 0 Å². The molecular weight excluding hydrogens is 191 g/mol. The van der Waals surface area contributed by atoms with Crippen LogP contribution in [0.1, 0.15) is 44.7 Å². The maximum atomic E-state index is 13.6. The molecule has 0 aromatic heterocycles. The minimum atomic E-state index is -0.519. The molecule has 0 atom stereocenters. The second-order valence-electron chi connectivity index (χ2n) is 4.94. The van der Waals surface area contributed by atoms with Crippen molar-refractivity contribution in [1.29, 1.82) is 0 Å². The van der Waals surface area contributed by atoms with E-state index in [2.05, 4.69) is 13.8 Å². The Morgan fingerprint density at radius 3 is 2.40 bits per heavy atom. The molecule has 0 aliphatic rings. The van der Waals surface area contributed by atoms with Crippen LogP contribution in [0.5, 0.6) is 0 Å². The van der Waals surface area contributed by atoms with Gasteiger partial charge in [0.2, 0.25) is 0 Å². The highest BCUT2D eigenvalue weighted by Gasteiger charge is 2.23. The summed E-state index contributed by atoms with van der Waals surface area (Å²) < 4.78 is 13.6. The predicted octanol–water partition coefficient (Wildman–Crippen LogP) is 3.22. The number of hydrogen-bond acceptors (Lipinski definition) is 1. The van der Waals surface area contributed by atoms with Crippen molar-refractivity contribution in [3.05, 3.63) is 35.1 Å². The Hall–Kier alpha value is -0.890. The van der Waals surface area contributed by atoms with Crippen molar-refractivity contribution in [3.8, 4) is 0 Å². The van der Waals surface area contributed by atoms with E-state index in [9.17, 15) is 9.50 Å². The minimum Gasteiger partial charge on any atom is -0.395 e. The van der Waals surface area contributed by atoms with Gasteiger partial charge in [0.1, 0.15) is 5.82 Å². The fourth-order valence-corrected chi connectivity index (χ4v) is 1.51. The van der Waals surface area contributed by atoms with Crippen molar-refractivity contribution < 1.29 is 9.50 Å². The molecule has 0 unspecified atom stereocenters. The smallest absolute Gasteiger partial charge is 0.127 e. The van der Waals surface area contributed by atoms with Crippen LogP contribution in [0, 0.1) is 5.82 Å². The summed E-state index contributed by atoms with van der Waals surface area (Å²) in [5.74, 6) is 0.136. The Morgan fingerprint density at radius 2 is 1.93 bits per heavy atom. The van der Waals surface area contributed by atoms with E-state index in [1.54, 1.807) is 6.07 Å². The maximum Gasteiger partial charge on any atom is 0.127 e. The molecule has 0 saturated heterocycles. The lowest BCUT2D eigenvalue weighted by Gasteiger charge is -2.24. The number of benzene rings is 1. The summed E-state index contributed by atoms with van der Waals surface area (Å²) in [5, 5.41) is 9.23. The Kier molecular flexibility index (Phi) is 3.50. The average Bonchev–Trinajstić information content (AvgIpc) is 2.17. The van der Waals surface area contributed by atoms with Gasteiger partial charge in [-0.2, -0.15) is 0 Å². The van der Waals surface area contributed by atoms with Gasteiger partial charge in [-0.05, 0) is 23.1 Å². The van der Waals surface area contributed by atoms with E-state index in [-0.39, 0.29) is 12.4 Å². The number of aliphatic hydroxyl groups is 1. The summed E-state index contributed by atoms with van der Waals surface area (Å²) >= 11 is 0. The summed E-state index contributed by atoms with van der Waals surface area (Å²) in [6, 6.07) is 5.15. The number of aliphatic hydroxyl groups excluding tert-OH is 1. The average molecular weight is 210 g/mol. The number of halogens is 1. The van der Waals surface area contributed by atoms with Crippen LogP contribution in [0.2, 0.25) is 0 Å². The summed E-state index contributed by atoms with van der Waals surface area (Å²) in [5.41, 5.74) is 1.18. The highest BCUT2D eigenvalue weighted by molar-refractivity contribution is 5.32. The molecule has 0 amide bonds. The molecule has 0 fully saturated rings. The van der Waals surface area contributed by atoms with Crippen LogP contribution in [0.3, 0.4) is 0 Å². The molecule has 1 rings (SSSR count). The highest BCUT2D eigenvalue weighted by Crippen LogP contribution is 2.28. The molecule has 1 aromatic rings. The number of hydrogen-bond donors (Lipinski definition) is 1. The molecule has 0 bridgehead atoms. The lowest BCUT2D eigenvalue weighted by molar-refractivity contribution is 0.215. The van der Waals surface area contributed by atoms with E-state index >= 15 is 0 Å². The second kappa shape index (κ2) is 4.31. The molecule has 1 nitrogen and oxygen atoms in total. The molecule has 0 spiro atoms. The summed E-state index contributed by atoms with van der Waals surface area (Å²) in [4.78, 5) is 0. The predicted molar refractivity (Wildman–Crippen MR) is 60.6 cm³/mol. The first-order chi connectivity index (χ1) is 6.88. The van der Waals surface area contributed by atoms with Crippen LogP contribution in [0.4, 0.5) is 4.39 Å². The summed E-state index contributed by atoms with van der Waals surface area (Å²) in [6.45, 7) is 7.78. The van der Waals surface area contributed by atoms with Crippen molar-refractivity contribution in [1.82, 2.24) is 0 Å². The van der Waals surface area contributed by atoms with Gasteiger partial charge in [0, 0.05) is 5.41 Å². The van der Waals surface area contributed by atoms with Crippen molar-refractivity contribution >= 4 is 0 Å². The first kappa shape index (κ1) is 12.2. The molecule has 1 N–H and O–H groups in total. The van der Waals surface area contributed by atoms with E-state index in [1.165, 1.54) is 6.07 Å². The van der Waals surface area contributed by atoms with E-state index < -0.39 is 5.41 Å². The van der Waals surface area contributed by atoms with Gasteiger partial charge < -0.3 is 5.11 Å². The van der Waals surface area contributed by atoms with Gasteiger partial charge in [0.15, 0.2) is 0 Å². The lowest BCUT2D eigenvalue weighted by atomic mass is 9.83. The zero-order valence-corrected chi connectivity index (χ0v) is 9.84. The minimum absolute atomic E-state index is 0.0501. The topological polar surface area (TPSA) is 20.2 Å². The standard InChI is InChI=1S/C13H19FO/c1-9(2)10-5-6-12(14)11(7-10)13(3,4)8-15/h5-7,9,15H,8H2,1-4H3. The van der Waals surface area contributed by atoms with Crippen LogP contribution < -0.4 is 0 Å². The molecule has 84 valence electrons. The van der Waals surface area contributed by atoms with Crippen LogP contribution in [0.25, 0.3) is 0 Å². The van der Waals surface area contributed by atoms with Crippen LogP contribution in [-0.4, -0.2) is 11.7 Å². The molecule has 0 heterocycles. The summed E-state index contributed by atoms with van der Waals surface area (Å²) in [6.07, 6.45) is 0. The zero-order chi connectivity index (χ0) is 11.6. The molecular formula is C13H19FO. The molecule has 0 saturated carbocycles. The van der Waals surface area contributed by atoms with E-state index in [0.717, 1.165) is 5.56 Å². The Labute approximate surface area is 90.9 Å². The van der Waals surface area contributed by atoms with Gasteiger partial charge in [-0.1, -0.05) is 39.8 Å². The maximum absolute atomic E-state index is 13.6. The SMILES string of the molecule is CC(C)c1ccc(F)c(C(C)(C)CO)c1. The first-order valence-corrected chi connectivity index (χ1v) is 5.29. The van der Waals surface area contributed by atoms with Gasteiger partial charge in [-0.25, -0.2) is 4.39 Å². The van der Waals surface area contributed by atoms with Crippen molar-refractivity contribution in [2.75, 3.05) is 6.61 Å². The fraction of sp³-hybridized carbons (Fsp3) is 0.538. The van der Waals surface area contributed by atoms with Crippen LogP contribution in [-0.2, 0) is 5.41 Å². The third kappa shape index (κ3) is 2.57. The monoisotopic (exact) mass is 210 g/mol. The van der Waals surface area contributed by atoms with Crippen LogP contribution >= 0.6 is 0 Å². The highest BCUT2D eigenvalue weighted by atomic mass is 19.1. The Balaban J connectivity index is 3.22. The summed E-state index contributed by atoms with van der Waals surface area (Å²) in [7, 11) is 0. The van der Waals surface area contributed by atoms with Gasteiger partial charge in [0.25, 0.3) is 0 Å². The quantitative estimate of drug-likeness (QED) is 0.812. The van der Waals surface area contributed by atoms with E-state index in [4.69, 9.17) is 0 Å². The second-order valence-corrected chi connectivity index (χ2v) is 4.94. The third-order valence-corrected chi connectivity index (χ3v) is 2.78. The zero-order valence-electron chi connectivity index (χ0n) is 9.84. The molecule has 0 aliphatic carbocycles. The number of rotatable bonds is 3. The molecule has 1 aromatic carbocycles. The lowest BCUT2D eigenvalue weighted by Crippen LogP contribution is -2.23. The van der Waals surface area contributed by atoms with Crippen molar-refractivity contribution in [3.63, 3.8) is 0 Å². The van der Waals surface area contributed by atoms with Gasteiger partial charge >= 0.3 is 0 Å². The van der Waals surface area contributed by atoms with Gasteiger partial charge in [0.05, 0.1) is 6.61 Å². The molecule has 2 heteroatoms. The first-order valence-electron chi connectivity index (χ1n) is 5.29. The molecule has 0 radical (unpaired) electrons. The Morgan fingerprint density at radius 1 is 1.33 bits per heavy atom. The van der Waals surface area contributed by atoms with E-state index in [0.29, 0.717) is 11.5 Å². The normalized spacial score (nSPS) is 12.2. The van der Waals surface area contributed by atoms with Crippen molar-refractivity contribution in [2.45, 2.75) is 39.0 Å².